The lowest BCUT2D eigenvalue weighted by Crippen LogP contribution is -2.51. The molecule has 0 radical (unpaired) electrons. The third-order valence-corrected chi connectivity index (χ3v) is 4.56. The van der Waals surface area contributed by atoms with E-state index in [2.05, 4.69) is 34.0 Å². The van der Waals surface area contributed by atoms with Gasteiger partial charge in [-0.05, 0) is 20.0 Å². The number of nitrogens with two attached hydrogens (primary N) is 1. The van der Waals surface area contributed by atoms with Crippen LogP contribution in [0.15, 0.2) is 5.38 Å². The highest BCUT2D eigenvalue weighted by molar-refractivity contribution is 7.09. The molecule has 1 aromatic rings. The van der Waals surface area contributed by atoms with E-state index in [1.165, 1.54) is 17.2 Å². The van der Waals surface area contributed by atoms with Crippen molar-refractivity contribution < 1.29 is 0 Å². The molecule has 1 aliphatic heterocycles. The number of hydrogen-bond donors (Lipinski definition) is 1. The van der Waals surface area contributed by atoms with Crippen LogP contribution < -0.4 is 5.73 Å². The fourth-order valence-corrected chi connectivity index (χ4v) is 3.38. The molecular formula is C13H24N4S. The smallest absolute Gasteiger partial charge is 0.0941 e. The SMILES string of the molecule is CCN1CCN(Cc2csc(CCN)n2)CC1C. The van der Waals surface area contributed by atoms with Gasteiger partial charge in [0.2, 0.25) is 0 Å². The van der Waals surface area contributed by atoms with Gasteiger partial charge in [0.15, 0.2) is 0 Å². The van der Waals surface area contributed by atoms with Crippen molar-refractivity contribution in [2.45, 2.75) is 32.9 Å². The van der Waals surface area contributed by atoms with Crippen LogP contribution in [0.3, 0.4) is 0 Å². The van der Waals surface area contributed by atoms with Crippen LogP contribution in [-0.4, -0.2) is 53.5 Å². The van der Waals surface area contributed by atoms with Crippen molar-refractivity contribution in [2.75, 3.05) is 32.7 Å². The molecule has 0 amide bonds. The Bertz CT molecular complexity index is 366. The van der Waals surface area contributed by atoms with E-state index in [0.717, 1.165) is 32.6 Å². The van der Waals surface area contributed by atoms with Crippen molar-refractivity contribution in [1.82, 2.24) is 14.8 Å². The molecule has 2 rings (SSSR count). The van der Waals surface area contributed by atoms with Crippen LogP contribution in [-0.2, 0) is 13.0 Å². The van der Waals surface area contributed by atoms with Crippen molar-refractivity contribution in [3.8, 4) is 0 Å². The zero-order chi connectivity index (χ0) is 13.0. The molecule has 4 nitrogen and oxygen atoms in total. The minimum Gasteiger partial charge on any atom is -0.330 e. The molecule has 1 aliphatic rings. The van der Waals surface area contributed by atoms with Gasteiger partial charge in [0, 0.05) is 44.0 Å². The van der Waals surface area contributed by atoms with E-state index in [1.807, 2.05) is 0 Å². The highest BCUT2D eigenvalue weighted by atomic mass is 32.1. The average Bonchev–Trinajstić information content (AvgIpc) is 2.77. The van der Waals surface area contributed by atoms with Crippen molar-refractivity contribution in [2.24, 2.45) is 5.73 Å². The molecule has 2 heterocycles. The van der Waals surface area contributed by atoms with E-state index in [1.54, 1.807) is 11.3 Å². The van der Waals surface area contributed by atoms with E-state index >= 15 is 0 Å². The largest absolute Gasteiger partial charge is 0.330 e. The van der Waals surface area contributed by atoms with Crippen molar-refractivity contribution in [3.63, 3.8) is 0 Å². The Morgan fingerprint density at radius 3 is 3.00 bits per heavy atom. The fraction of sp³-hybridized carbons (Fsp3) is 0.769. The van der Waals surface area contributed by atoms with Gasteiger partial charge >= 0.3 is 0 Å². The first kappa shape index (κ1) is 13.9. The maximum absolute atomic E-state index is 5.55. The Labute approximate surface area is 114 Å². The lowest BCUT2D eigenvalue weighted by molar-refractivity contribution is 0.0827. The van der Waals surface area contributed by atoms with Gasteiger partial charge in [0.1, 0.15) is 0 Å². The molecule has 1 fully saturated rings. The van der Waals surface area contributed by atoms with Gasteiger partial charge in [-0.2, -0.15) is 0 Å². The van der Waals surface area contributed by atoms with Gasteiger partial charge in [-0.25, -0.2) is 4.98 Å². The summed E-state index contributed by atoms with van der Waals surface area (Å²) in [5.74, 6) is 0. The monoisotopic (exact) mass is 268 g/mol. The lowest BCUT2D eigenvalue weighted by atomic mass is 10.2. The topological polar surface area (TPSA) is 45.4 Å². The molecule has 1 unspecified atom stereocenters. The van der Waals surface area contributed by atoms with Crippen LogP contribution in [0.5, 0.6) is 0 Å². The summed E-state index contributed by atoms with van der Waals surface area (Å²) in [6.45, 7) is 10.9. The molecule has 5 heteroatoms. The Balaban J connectivity index is 1.86. The summed E-state index contributed by atoms with van der Waals surface area (Å²) in [4.78, 5) is 9.69. The maximum Gasteiger partial charge on any atom is 0.0941 e. The summed E-state index contributed by atoms with van der Waals surface area (Å²) in [6.07, 6.45) is 0.907. The third kappa shape index (κ3) is 3.51. The zero-order valence-corrected chi connectivity index (χ0v) is 12.2. The molecule has 18 heavy (non-hydrogen) atoms. The minimum atomic E-state index is 0.658. The minimum absolute atomic E-state index is 0.658. The highest BCUT2D eigenvalue weighted by Gasteiger charge is 2.22. The molecule has 0 aromatic carbocycles. The number of piperazine rings is 1. The van der Waals surface area contributed by atoms with Crippen LogP contribution in [0.2, 0.25) is 0 Å². The van der Waals surface area contributed by atoms with Crippen molar-refractivity contribution in [1.29, 1.82) is 0 Å². The van der Waals surface area contributed by atoms with Gasteiger partial charge in [-0.3, -0.25) is 9.80 Å². The van der Waals surface area contributed by atoms with Crippen LogP contribution in [0, 0.1) is 0 Å². The number of rotatable bonds is 5. The first-order chi connectivity index (χ1) is 8.72. The number of nitrogens with zero attached hydrogens (tertiary/aromatic N) is 3. The second-order valence-corrected chi connectivity index (χ2v) is 5.93. The zero-order valence-electron chi connectivity index (χ0n) is 11.4. The van der Waals surface area contributed by atoms with Gasteiger partial charge < -0.3 is 5.73 Å². The first-order valence-corrected chi connectivity index (χ1v) is 7.70. The second kappa shape index (κ2) is 6.61. The number of thiazole rings is 1. The average molecular weight is 268 g/mol. The molecule has 0 aliphatic carbocycles. The maximum atomic E-state index is 5.55. The fourth-order valence-electron chi connectivity index (χ4n) is 2.57. The van der Waals surface area contributed by atoms with Gasteiger partial charge in [0.05, 0.1) is 10.7 Å². The van der Waals surface area contributed by atoms with Crippen molar-refractivity contribution in [3.05, 3.63) is 16.1 Å². The number of likely N-dealkylation sites (N-methyl/N-ethyl adjacent to an activating group) is 1. The Hall–Kier alpha value is -0.490. The molecule has 102 valence electrons. The molecule has 1 aromatic heterocycles. The predicted octanol–water partition coefficient (Wildman–Crippen LogP) is 1.17. The first-order valence-electron chi connectivity index (χ1n) is 6.82. The standard InChI is InChI=1S/C13H24N4S/c1-3-17-7-6-16(8-11(17)2)9-12-10-18-13(15-12)4-5-14/h10-11H,3-9,14H2,1-2H3. The van der Waals surface area contributed by atoms with E-state index in [-0.39, 0.29) is 0 Å². The summed E-state index contributed by atoms with van der Waals surface area (Å²) in [7, 11) is 0. The molecule has 1 saturated heterocycles. The van der Waals surface area contributed by atoms with E-state index in [9.17, 15) is 0 Å². The Morgan fingerprint density at radius 1 is 1.50 bits per heavy atom. The summed E-state index contributed by atoms with van der Waals surface area (Å²) in [5.41, 5.74) is 6.76. The lowest BCUT2D eigenvalue weighted by Gasteiger charge is -2.39. The third-order valence-electron chi connectivity index (χ3n) is 3.60. The summed E-state index contributed by atoms with van der Waals surface area (Å²) in [6, 6.07) is 0.658. The Morgan fingerprint density at radius 2 is 2.33 bits per heavy atom. The normalized spacial score (nSPS) is 22.5. The Kier molecular flexibility index (Phi) is 5.12. The van der Waals surface area contributed by atoms with E-state index in [4.69, 9.17) is 5.73 Å². The molecule has 0 saturated carbocycles. The quantitative estimate of drug-likeness (QED) is 0.871. The van der Waals surface area contributed by atoms with E-state index in [0.29, 0.717) is 12.6 Å². The molecule has 1 atom stereocenters. The van der Waals surface area contributed by atoms with Crippen LogP contribution >= 0.6 is 11.3 Å². The van der Waals surface area contributed by atoms with Gasteiger partial charge in [0.25, 0.3) is 0 Å². The summed E-state index contributed by atoms with van der Waals surface area (Å²) < 4.78 is 0. The highest BCUT2D eigenvalue weighted by Crippen LogP contribution is 2.15. The van der Waals surface area contributed by atoms with Crippen molar-refractivity contribution >= 4 is 11.3 Å². The molecular weight excluding hydrogens is 244 g/mol. The second-order valence-electron chi connectivity index (χ2n) is 4.98. The number of hydrogen-bond acceptors (Lipinski definition) is 5. The van der Waals surface area contributed by atoms with Crippen LogP contribution in [0.4, 0.5) is 0 Å². The van der Waals surface area contributed by atoms with Crippen LogP contribution in [0.25, 0.3) is 0 Å². The van der Waals surface area contributed by atoms with Gasteiger partial charge in [-0.15, -0.1) is 11.3 Å². The summed E-state index contributed by atoms with van der Waals surface area (Å²) >= 11 is 1.74. The van der Waals surface area contributed by atoms with E-state index < -0.39 is 0 Å². The molecule has 2 N–H and O–H groups in total. The van der Waals surface area contributed by atoms with Crippen LogP contribution in [0.1, 0.15) is 24.5 Å². The molecule has 0 bridgehead atoms. The predicted molar refractivity (Wildman–Crippen MR) is 76.9 cm³/mol. The summed E-state index contributed by atoms with van der Waals surface area (Å²) in [5, 5.41) is 3.36. The number of aromatic nitrogens is 1. The molecule has 0 spiro atoms. The van der Waals surface area contributed by atoms with Gasteiger partial charge in [-0.1, -0.05) is 6.92 Å².